The molecule has 3 heteroatoms. The van der Waals surface area contributed by atoms with Gasteiger partial charge in [-0.1, -0.05) is 49.1 Å². The van der Waals surface area contributed by atoms with Crippen LogP contribution in [0.3, 0.4) is 0 Å². The molecule has 0 amide bonds. The first-order valence-corrected chi connectivity index (χ1v) is 9.45. The van der Waals surface area contributed by atoms with Crippen molar-refractivity contribution in [3.05, 3.63) is 53.2 Å². The third kappa shape index (κ3) is 3.15. The third-order valence-electron chi connectivity index (χ3n) is 5.32. The van der Waals surface area contributed by atoms with E-state index in [4.69, 9.17) is 4.98 Å². The van der Waals surface area contributed by atoms with Crippen molar-refractivity contribution in [3.8, 4) is 11.3 Å². The van der Waals surface area contributed by atoms with Gasteiger partial charge in [0.25, 0.3) is 0 Å². The second-order valence-corrected chi connectivity index (χ2v) is 7.52. The molecule has 25 heavy (non-hydrogen) atoms. The first kappa shape index (κ1) is 16.2. The summed E-state index contributed by atoms with van der Waals surface area (Å²) in [6.45, 7) is 6.44. The Morgan fingerprint density at radius 1 is 0.920 bits per heavy atom. The number of hydrogen-bond donors (Lipinski definition) is 1. The summed E-state index contributed by atoms with van der Waals surface area (Å²) in [5.41, 5.74) is 7.06. The average Bonchev–Trinajstić information content (AvgIpc) is 2.95. The van der Waals surface area contributed by atoms with E-state index in [-0.39, 0.29) is 0 Å². The fourth-order valence-corrected chi connectivity index (χ4v) is 4.02. The van der Waals surface area contributed by atoms with Gasteiger partial charge in [0.2, 0.25) is 0 Å². The molecule has 2 heterocycles. The van der Waals surface area contributed by atoms with Crippen molar-refractivity contribution in [1.82, 2.24) is 9.38 Å². The minimum Gasteiger partial charge on any atom is -0.367 e. The number of pyridine rings is 1. The number of imidazole rings is 1. The van der Waals surface area contributed by atoms with Crippen LogP contribution < -0.4 is 5.32 Å². The van der Waals surface area contributed by atoms with Crippen molar-refractivity contribution in [2.45, 2.75) is 58.9 Å². The summed E-state index contributed by atoms with van der Waals surface area (Å²) in [5, 5.41) is 3.85. The highest BCUT2D eigenvalue weighted by atomic mass is 15.2. The second-order valence-electron chi connectivity index (χ2n) is 7.52. The molecular formula is C22H27N3. The van der Waals surface area contributed by atoms with Crippen LogP contribution in [0, 0.1) is 20.8 Å². The number of hydrogen-bond acceptors (Lipinski definition) is 2. The van der Waals surface area contributed by atoms with Gasteiger partial charge in [-0.05, 0) is 51.3 Å². The van der Waals surface area contributed by atoms with E-state index in [2.05, 4.69) is 66.9 Å². The Balaban J connectivity index is 1.86. The van der Waals surface area contributed by atoms with Gasteiger partial charge in [0.1, 0.15) is 17.2 Å². The molecule has 0 spiro atoms. The number of nitrogens with zero attached hydrogens (tertiary/aromatic N) is 2. The topological polar surface area (TPSA) is 29.3 Å². The summed E-state index contributed by atoms with van der Waals surface area (Å²) in [5.74, 6) is 1.16. The van der Waals surface area contributed by atoms with Crippen molar-refractivity contribution < 1.29 is 0 Å². The van der Waals surface area contributed by atoms with E-state index < -0.39 is 0 Å². The standard InChI is InChI=1S/C22H27N3/c1-15-9-11-18(12-10-15)21-22(23-19-7-5-4-6-8-19)25-17(3)13-16(2)14-20(25)24-21/h9-14,19,23H,4-8H2,1-3H3. The number of nitrogens with one attached hydrogen (secondary N) is 1. The highest BCUT2D eigenvalue weighted by molar-refractivity contribution is 5.77. The Labute approximate surface area is 150 Å². The Bertz CT molecular complexity index is 884. The summed E-state index contributed by atoms with van der Waals surface area (Å²) in [7, 11) is 0. The van der Waals surface area contributed by atoms with E-state index in [0.717, 1.165) is 17.2 Å². The van der Waals surface area contributed by atoms with Crippen molar-refractivity contribution in [2.75, 3.05) is 5.32 Å². The SMILES string of the molecule is Cc1ccc(-c2nc3cc(C)cc(C)n3c2NC2CCCCC2)cc1. The van der Waals surface area contributed by atoms with E-state index in [1.165, 1.54) is 54.5 Å². The van der Waals surface area contributed by atoms with Gasteiger partial charge < -0.3 is 5.32 Å². The number of anilines is 1. The molecule has 2 aromatic heterocycles. The summed E-state index contributed by atoms with van der Waals surface area (Å²) in [4.78, 5) is 5.00. The van der Waals surface area contributed by atoms with Gasteiger partial charge >= 0.3 is 0 Å². The number of aryl methyl sites for hydroxylation is 3. The van der Waals surface area contributed by atoms with E-state index in [1.54, 1.807) is 0 Å². The normalized spacial score (nSPS) is 15.6. The molecule has 0 radical (unpaired) electrons. The first-order chi connectivity index (χ1) is 12.1. The zero-order valence-corrected chi connectivity index (χ0v) is 15.5. The Morgan fingerprint density at radius 2 is 1.64 bits per heavy atom. The molecule has 1 N–H and O–H groups in total. The van der Waals surface area contributed by atoms with Crippen LogP contribution in [-0.4, -0.2) is 15.4 Å². The van der Waals surface area contributed by atoms with Crippen molar-refractivity contribution in [1.29, 1.82) is 0 Å². The van der Waals surface area contributed by atoms with Crippen molar-refractivity contribution in [2.24, 2.45) is 0 Å². The van der Waals surface area contributed by atoms with Crippen LogP contribution in [0.1, 0.15) is 48.9 Å². The highest BCUT2D eigenvalue weighted by Crippen LogP contribution is 2.32. The molecule has 0 unspecified atom stereocenters. The van der Waals surface area contributed by atoms with Crippen molar-refractivity contribution >= 4 is 11.5 Å². The second kappa shape index (κ2) is 6.55. The van der Waals surface area contributed by atoms with Crippen LogP contribution in [0.4, 0.5) is 5.82 Å². The molecule has 0 saturated heterocycles. The van der Waals surface area contributed by atoms with Crippen LogP contribution in [0.25, 0.3) is 16.9 Å². The lowest BCUT2D eigenvalue weighted by Crippen LogP contribution is -2.23. The van der Waals surface area contributed by atoms with E-state index in [9.17, 15) is 0 Å². The highest BCUT2D eigenvalue weighted by Gasteiger charge is 2.20. The van der Waals surface area contributed by atoms with Gasteiger partial charge in [-0.2, -0.15) is 0 Å². The van der Waals surface area contributed by atoms with Crippen LogP contribution in [-0.2, 0) is 0 Å². The summed E-state index contributed by atoms with van der Waals surface area (Å²) in [6, 6.07) is 13.7. The largest absolute Gasteiger partial charge is 0.367 e. The van der Waals surface area contributed by atoms with Crippen LogP contribution in [0.2, 0.25) is 0 Å². The van der Waals surface area contributed by atoms with Gasteiger partial charge in [0.15, 0.2) is 0 Å². The number of fused-ring (bicyclic) bond motifs is 1. The van der Waals surface area contributed by atoms with E-state index in [1.807, 2.05) is 0 Å². The average molecular weight is 333 g/mol. The molecule has 1 aliphatic rings. The lowest BCUT2D eigenvalue weighted by molar-refractivity contribution is 0.461. The van der Waals surface area contributed by atoms with Crippen molar-refractivity contribution in [3.63, 3.8) is 0 Å². The van der Waals surface area contributed by atoms with E-state index in [0.29, 0.717) is 6.04 Å². The monoisotopic (exact) mass is 333 g/mol. The first-order valence-electron chi connectivity index (χ1n) is 9.45. The molecule has 1 saturated carbocycles. The quantitative estimate of drug-likeness (QED) is 0.669. The maximum atomic E-state index is 5.00. The van der Waals surface area contributed by atoms with Gasteiger partial charge in [-0.15, -0.1) is 0 Å². The molecule has 1 fully saturated rings. The van der Waals surface area contributed by atoms with Crippen LogP contribution in [0.5, 0.6) is 0 Å². The number of benzene rings is 1. The van der Waals surface area contributed by atoms with Gasteiger partial charge in [0, 0.05) is 17.3 Å². The lowest BCUT2D eigenvalue weighted by atomic mass is 9.95. The maximum Gasteiger partial charge on any atom is 0.139 e. The summed E-state index contributed by atoms with van der Waals surface area (Å²) in [6.07, 6.45) is 6.53. The Hall–Kier alpha value is -2.29. The molecule has 0 atom stereocenters. The molecule has 3 aromatic rings. The molecule has 3 nitrogen and oxygen atoms in total. The minimum absolute atomic E-state index is 0.554. The fourth-order valence-electron chi connectivity index (χ4n) is 4.02. The molecule has 1 aromatic carbocycles. The van der Waals surface area contributed by atoms with Crippen LogP contribution >= 0.6 is 0 Å². The molecular weight excluding hydrogens is 306 g/mol. The zero-order valence-electron chi connectivity index (χ0n) is 15.5. The Morgan fingerprint density at radius 3 is 2.36 bits per heavy atom. The summed E-state index contributed by atoms with van der Waals surface area (Å²) >= 11 is 0. The molecule has 130 valence electrons. The fraction of sp³-hybridized carbons (Fsp3) is 0.409. The number of rotatable bonds is 3. The molecule has 1 aliphatic carbocycles. The zero-order chi connectivity index (χ0) is 17.4. The molecule has 0 bridgehead atoms. The van der Waals surface area contributed by atoms with E-state index >= 15 is 0 Å². The number of aromatic nitrogens is 2. The predicted octanol–water partition coefficient (Wildman–Crippen LogP) is 5.67. The molecule has 0 aliphatic heterocycles. The summed E-state index contributed by atoms with van der Waals surface area (Å²) < 4.78 is 2.29. The van der Waals surface area contributed by atoms with Gasteiger partial charge in [0.05, 0.1) is 0 Å². The Kier molecular flexibility index (Phi) is 4.24. The minimum atomic E-state index is 0.554. The third-order valence-corrected chi connectivity index (χ3v) is 5.32. The molecule has 4 rings (SSSR count). The smallest absolute Gasteiger partial charge is 0.139 e. The maximum absolute atomic E-state index is 5.00. The van der Waals surface area contributed by atoms with Gasteiger partial charge in [-0.25, -0.2) is 4.98 Å². The van der Waals surface area contributed by atoms with Crippen LogP contribution in [0.15, 0.2) is 36.4 Å². The lowest BCUT2D eigenvalue weighted by Gasteiger charge is -2.24. The predicted molar refractivity (Wildman–Crippen MR) is 105 cm³/mol. The van der Waals surface area contributed by atoms with Gasteiger partial charge in [-0.3, -0.25) is 4.40 Å².